The molecule has 0 heterocycles. The fourth-order valence-electron chi connectivity index (χ4n) is 4.21. The summed E-state index contributed by atoms with van der Waals surface area (Å²) in [7, 11) is 0. The maximum Gasteiger partial charge on any atom is 0.252 e. The molecule has 8 heteroatoms. The number of aryl methyl sites for hydroxylation is 1. The molecule has 39 heavy (non-hydrogen) atoms. The van der Waals surface area contributed by atoms with Crippen molar-refractivity contribution >= 4 is 28.3 Å². The minimum Gasteiger partial charge on any atom is -0.385 e. The average Bonchev–Trinajstić information content (AvgIpc) is 2.95. The van der Waals surface area contributed by atoms with Gasteiger partial charge < -0.3 is 10.6 Å². The predicted molar refractivity (Wildman–Crippen MR) is 159 cm³/mol. The van der Waals surface area contributed by atoms with E-state index in [2.05, 4.69) is 39.7 Å². The zero-order valence-corrected chi connectivity index (χ0v) is 23.9. The lowest BCUT2D eigenvalue weighted by atomic mass is 9.98. The van der Waals surface area contributed by atoms with Crippen LogP contribution in [0.5, 0.6) is 0 Å². The van der Waals surface area contributed by atoms with Crippen LogP contribution in [-0.2, 0) is 11.2 Å². The van der Waals surface area contributed by atoms with E-state index in [1.54, 1.807) is 6.92 Å². The quantitative estimate of drug-likeness (QED) is 0.160. The van der Waals surface area contributed by atoms with Crippen molar-refractivity contribution in [3.8, 4) is 0 Å². The Morgan fingerprint density at radius 3 is 2.36 bits per heavy atom. The van der Waals surface area contributed by atoms with Gasteiger partial charge in [-0.1, -0.05) is 56.3 Å². The molecular formula is C31H44FN5O2. The molecular weight excluding hydrogens is 493 g/mol. The number of anilines is 1. The topological polar surface area (TPSA) is 85.5 Å². The van der Waals surface area contributed by atoms with E-state index in [9.17, 15) is 14.1 Å². The third kappa shape index (κ3) is 10.3. The summed E-state index contributed by atoms with van der Waals surface area (Å²) in [4.78, 5) is 25.3. The number of rotatable bonds is 13. The summed E-state index contributed by atoms with van der Waals surface area (Å²) in [5, 5.41) is 9.51. The molecule has 0 saturated carbocycles. The molecule has 212 valence electrons. The Hall–Kier alpha value is -3.49. The molecule has 0 saturated heterocycles. The zero-order valence-electron chi connectivity index (χ0n) is 23.9. The van der Waals surface area contributed by atoms with Crippen LogP contribution < -0.4 is 21.5 Å². The average molecular weight is 538 g/mol. The van der Waals surface area contributed by atoms with Gasteiger partial charge in [-0.2, -0.15) is 0 Å². The summed E-state index contributed by atoms with van der Waals surface area (Å²) in [5.74, 6) is -0.244. The molecule has 3 aromatic carbocycles. The van der Waals surface area contributed by atoms with Gasteiger partial charge in [0.25, 0.3) is 5.91 Å². The summed E-state index contributed by atoms with van der Waals surface area (Å²) in [6.07, 6.45) is 1.66. The van der Waals surface area contributed by atoms with Crippen molar-refractivity contribution in [2.24, 2.45) is 0 Å². The fraction of sp³-hybridized carbons (Fsp3) is 0.419. The third-order valence-corrected chi connectivity index (χ3v) is 6.20. The van der Waals surface area contributed by atoms with Crippen molar-refractivity contribution in [2.45, 2.75) is 59.9 Å². The normalized spacial score (nSPS) is 11.5. The van der Waals surface area contributed by atoms with Crippen LogP contribution >= 0.6 is 0 Å². The second-order valence-corrected chi connectivity index (χ2v) is 9.25. The van der Waals surface area contributed by atoms with Gasteiger partial charge in [0.2, 0.25) is 5.91 Å². The highest BCUT2D eigenvalue weighted by Gasteiger charge is 2.17. The molecule has 0 bridgehead atoms. The first-order valence-corrected chi connectivity index (χ1v) is 13.9. The van der Waals surface area contributed by atoms with Crippen LogP contribution in [0.2, 0.25) is 0 Å². The Labute approximate surface area is 232 Å². The van der Waals surface area contributed by atoms with Crippen molar-refractivity contribution in [3.63, 3.8) is 0 Å². The zero-order chi connectivity index (χ0) is 28.6. The Kier molecular flexibility index (Phi) is 14.0. The number of amides is 2. The highest BCUT2D eigenvalue weighted by Crippen LogP contribution is 2.25. The number of hydrogen-bond donors (Lipinski definition) is 4. The lowest BCUT2D eigenvalue weighted by Crippen LogP contribution is -2.37. The number of hydrazine groups is 1. The molecule has 3 rings (SSSR count). The minimum absolute atomic E-state index is 0.101. The lowest BCUT2D eigenvalue weighted by molar-refractivity contribution is -0.122. The number of fused-ring (bicyclic) bond motifs is 1. The van der Waals surface area contributed by atoms with E-state index >= 15 is 0 Å². The van der Waals surface area contributed by atoms with Crippen molar-refractivity contribution in [1.29, 1.82) is 0 Å². The van der Waals surface area contributed by atoms with Gasteiger partial charge in [0.1, 0.15) is 0 Å². The van der Waals surface area contributed by atoms with Gasteiger partial charge in [-0.05, 0) is 73.7 Å². The van der Waals surface area contributed by atoms with Gasteiger partial charge in [0.15, 0.2) is 0 Å². The van der Waals surface area contributed by atoms with E-state index in [-0.39, 0.29) is 17.9 Å². The van der Waals surface area contributed by atoms with Crippen LogP contribution in [0.1, 0.15) is 75.0 Å². The van der Waals surface area contributed by atoms with Crippen molar-refractivity contribution < 1.29 is 14.1 Å². The Balaban J connectivity index is 0.000000673. The summed E-state index contributed by atoms with van der Waals surface area (Å²) < 4.78 is 12.0. The highest BCUT2D eigenvalue weighted by atomic mass is 19.2. The summed E-state index contributed by atoms with van der Waals surface area (Å²) >= 11 is 0. The molecule has 0 fully saturated rings. The van der Waals surface area contributed by atoms with Gasteiger partial charge in [0.05, 0.1) is 6.04 Å². The van der Waals surface area contributed by atoms with Crippen LogP contribution in [0.15, 0.2) is 60.7 Å². The molecule has 2 amide bonds. The number of benzene rings is 3. The molecule has 3 aromatic rings. The summed E-state index contributed by atoms with van der Waals surface area (Å²) in [6, 6.07) is 19.8. The lowest BCUT2D eigenvalue weighted by Gasteiger charge is -2.19. The molecule has 7 nitrogen and oxygen atoms in total. The molecule has 4 N–H and O–H groups in total. The van der Waals surface area contributed by atoms with Crippen molar-refractivity contribution in [1.82, 2.24) is 21.3 Å². The first-order chi connectivity index (χ1) is 18.8. The standard InChI is InChI=1S/C26H32N4O2.C5H12FN/c1-4-27-21-14-15-24(20(17-21)13-16-25(31)30-28-5-2)26(32)29-18(3)22-12-8-10-19-9-6-7-11-23(19)22;1-3-5-7(6)4-2/h6-12,14-15,17-18,27-28H,4-5,13,16H2,1-3H3,(H,29,32)(H,30,31);3-5H2,1-2H3. The predicted octanol–water partition coefficient (Wildman–Crippen LogP) is 5.94. The molecule has 0 spiro atoms. The highest BCUT2D eigenvalue weighted by molar-refractivity contribution is 5.97. The van der Waals surface area contributed by atoms with E-state index in [0.717, 1.165) is 45.7 Å². The first-order valence-electron chi connectivity index (χ1n) is 13.9. The Bertz CT molecular complexity index is 1180. The molecule has 0 aliphatic rings. The number of nitrogens with zero attached hydrogens (tertiary/aromatic N) is 1. The Morgan fingerprint density at radius 2 is 1.69 bits per heavy atom. The molecule has 1 unspecified atom stereocenters. The van der Waals surface area contributed by atoms with Gasteiger partial charge in [0, 0.05) is 43.9 Å². The maximum atomic E-state index is 13.2. The second-order valence-electron chi connectivity index (χ2n) is 9.25. The fourth-order valence-corrected chi connectivity index (χ4v) is 4.21. The van der Waals surface area contributed by atoms with E-state index in [0.29, 0.717) is 38.0 Å². The van der Waals surface area contributed by atoms with Crippen LogP contribution in [0.25, 0.3) is 10.8 Å². The summed E-state index contributed by atoms with van der Waals surface area (Å²) in [6.45, 7) is 12.2. The van der Waals surface area contributed by atoms with E-state index < -0.39 is 0 Å². The maximum absolute atomic E-state index is 13.2. The number of hydrogen-bond acceptors (Lipinski definition) is 5. The second kappa shape index (κ2) is 17.2. The first kappa shape index (κ1) is 31.7. The summed E-state index contributed by atoms with van der Waals surface area (Å²) in [5.41, 5.74) is 8.93. The minimum atomic E-state index is -0.160. The number of halogens is 1. The molecule has 0 radical (unpaired) electrons. The van der Waals surface area contributed by atoms with Gasteiger partial charge >= 0.3 is 0 Å². The molecule has 0 aromatic heterocycles. The molecule has 0 aliphatic heterocycles. The SMILES string of the molecule is CCCN(F)CC.CCNNC(=O)CCc1cc(NCC)ccc1C(=O)NC(C)c1cccc2ccccc12. The molecule has 1 atom stereocenters. The van der Waals surface area contributed by atoms with E-state index in [1.165, 1.54) is 0 Å². The smallest absolute Gasteiger partial charge is 0.252 e. The number of nitrogens with one attached hydrogen (secondary N) is 4. The van der Waals surface area contributed by atoms with Crippen LogP contribution in [-0.4, -0.2) is 43.1 Å². The number of carbonyl (C=O) groups is 2. The molecule has 0 aliphatic carbocycles. The largest absolute Gasteiger partial charge is 0.385 e. The van der Waals surface area contributed by atoms with Crippen LogP contribution in [0, 0.1) is 0 Å². The van der Waals surface area contributed by atoms with Crippen LogP contribution in [0.3, 0.4) is 0 Å². The van der Waals surface area contributed by atoms with Crippen molar-refractivity contribution in [2.75, 3.05) is 31.5 Å². The third-order valence-electron chi connectivity index (χ3n) is 6.20. The van der Waals surface area contributed by atoms with Crippen molar-refractivity contribution in [3.05, 3.63) is 77.4 Å². The van der Waals surface area contributed by atoms with Gasteiger partial charge in [-0.3, -0.25) is 15.0 Å². The van der Waals surface area contributed by atoms with Gasteiger partial charge in [-0.15, -0.1) is 9.60 Å². The van der Waals surface area contributed by atoms with Gasteiger partial charge in [-0.25, -0.2) is 5.43 Å². The monoisotopic (exact) mass is 537 g/mol. The number of carbonyl (C=O) groups excluding carboxylic acids is 2. The van der Waals surface area contributed by atoms with E-state index in [4.69, 9.17) is 0 Å². The Morgan fingerprint density at radius 1 is 0.949 bits per heavy atom. The van der Waals surface area contributed by atoms with E-state index in [1.807, 2.05) is 70.2 Å². The van der Waals surface area contributed by atoms with Crippen LogP contribution in [0.4, 0.5) is 10.2 Å².